The normalized spacial score (nSPS) is 15.3. The molecule has 0 atom stereocenters. The second kappa shape index (κ2) is 7.81. The van der Waals surface area contributed by atoms with Gasteiger partial charge in [-0.25, -0.2) is 0 Å². The standard InChI is InChI=1S/C20H27N3O3/c1-13-10-14(2)22-19(13)20(25)23-8-6-16(7-9-23)11-18(24)21-12-17-5-4-15(3)26-17/h4-5,10,16,22H,6-9,11-12H2,1-3H3,(H,21,24). The molecule has 0 saturated carbocycles. The Morgan fingerprint density at radius 2 is 1.96 bits per heavy atom. The van der Waals surface area contributed by atoms with E-state index in [2.05, 4.69) is 10.3 Å². The molecule has 1 aliphatic heterocycles. The van der Waals surface area contributed by atoms with Gasteiger partial charge in [-0.3, -0.25) is 9.59 Å². The van der Waals surface area contributed by atoms with Crippen molar-refractivity contribution in [1.82, 2.24) is 15.2 Å². The smallest absolute Gasteiger partial charge is 0.270 e. The molecule has 1 fully saturated rings. The van der Waals surface area contributed by atoms with Crippen LogP contribution in [0.1, 0.15) is 52.5 Å². The molecule has 0 aliphatic carbocycles. The molecular formula is C20H27N3O3. The number of H-pyrrole nitrogens is 1. The van der Waals surface area contributed by atoms with E-state index in [1.165, 1.54) is 0 Å². The lowest BCUT2D eigenvalue weighted by molar-refractivity contribution is -0.122. The average molecular weight is 357 g/mol. The molecule has 3 rings (SSSR count). The minimum Gasteiger partial charge on any atom is -0.465 e. The summed E-state index contributed by atoms with van der Waals surface area (Å²) in [6, 6.07) is 5.76. The monoisotopic (exact) mass is 357 g/mol. The number of nitrogens with one attached hydrogen (secondary N) is 2. The van der Waals surface area contributed by atoms with Crippen molar-refractivity contribution >= 4 is 11.8 Å². The number of aromatic nitrogens is 1. The second-order valence-electron chi connectivity index (χ2n) is 7.24. The van der Waals surface area contributed by atoms with E-state index < -0.39 is 0 Å². The lowest BCUT2D eigenvalue weighted by Gasteiger charge is -2.31. The lowest BCUT2D eigenvalue weighted by atomic mass is 9.93. The molecule has 26 heavy (non-hydrogen) atoms. The highest BCUT2D eigenvalue weighted by Gasteiger charge is 2.26. The van der Waals surface area contributed by atoms with E-state index in [0.717, 1.165) is 35.6 Å². The predicted molar refractivity (Wildman–Crippen MR) is 98.8 cm³/mol. The van der Waals surface area contributed by atoms with Crippen LogP contribution in [0, 0.1) is 26.7 Å². The molecule has 2 aromatic rings. The molecule has 2 N–H and O–H groups in total. The third kappa shape index (κ3) is 4.36. The third-order valence-electron chi connectivity index (χ3n) is 5.00. The molecule has 0 unspecified atom stereocenters. The van der Waals surface area contributed by atoms with Crippen LogP contribution < -0.4 is 5.32 Å². The minimum atomic E-state index is 0.0414. The molecule has 1 saturated heterocycles. The number of carbonyl (C=O) groups is 2. The summed E-state index contributed by atoms with van der Waals surface area (Å²) in [5, 5.41) is 2.91. The molecule has 2 aromatic heterocycles. The van der Waals surface area contributed by atoms with Gasteiger partial charge in [-0.1, -0.05) is 0 Å². The van der Waals surface area contributed by atoms with E-state index in [4.69, 9.17) is 4.42 Å². The number of likely N-dealkylation sites (tertiary alicyclic amines) is 1. The summed E-state index contributed by atoms with van der Waals surface area (Å²) in [6.45, 7) is 7.62. The Bertz CT molecular complexity index is 782. The summed E-state index contributed by atoms with van der Waals surface area (Å²) in [5.41, 5.74) is 2.68. The summed E-state index contributed by atoms with van der Waals surface area (Å²) in [4.78, 5) is 29.8. The van der Waals surface area contributed by atoms with Gasteiger partial charge in [0.25, 0.3) is 5.91 Å². The number of piperidine rings is 1. The van der Waals surface area contributed by atoms with Crippen molar-refractivity contribution in [3.05, 3.63) is 46.7 Å². The van der Waals surface area contributed by atoms with Gasteiger partial charge in [0.15, 0.2) is 0 Å². The fourth-order valence-corrected chi connectivity index (χ4v) is 3.55. The van der Waals surface area contributed by atoms with Crippen LogP contribution in [0.4, 0.5) is 0 Å². The van der Waals surface area contributed by atoms with Gasteiger partial charge in [0, 0.05) is 25.2 Å². The first-order chi connectivity index (χ1) is 12.4. The molecule has 0 spiro atoms. The van der Waals surface area contributed by atoms with E-state index >= 15 is 0 Å². The minimum absolute atomic E-state index is 0.0414. The van der Waals surface area contributed by atoms with Gasteiger partial charge in [0.1, 0.15) is 17.2 Å². The van der Waals surface area contributed by atoms with Gasteiger partial charge in [0.2, 0.25) is 5.91 Å². The first-order valence-corrected chi connectivity index (χ1v) is 9.20. The summed E-state index contributed by atoms with van der Waals surface area (Å²) >= 11 is 0. The van der Waals surface area contributed by atoms with Crippen LogP contribution in [0.25, 0.3) is 0 Å². The largest absolute Gasteiger partial charge is 0.465 e. The summed E-state index contributed by atoms with van der Waals surface area (Å²) < 4.78 is 5.46. The highest BCUT2D eigenvalue weighted by molar-refractivity contribution is 5.94. The fourth-order valence-electron chi connectivity index (χ4n) is 3.55. The molecule has 140 valence electrons. The van der Waals surface area contributed by atoms with Crippen molar-refractivity contribution in [3.8, 4) is 0 Å². The van der Waals surface area contributed by atoms with E-state index in [1.807, 2.05) is 43.9 Å². The van der Waals surface area contributed by atoms with E-state index in [1.54, 1.807) is 0 Å². The highest BCUT2D eigenvalue weighted by Crippen LogP contribution is 2.22. The van der Waals surface area contributed by atoms with Gasteiger partial charge in [-0.2, -0.15) is 0 Å². The second-order valence-corrected chi connectivity index (χ2v) is 7.24. The predicted octanol–water partition coefficient (Wildman–Crippen LogP) is 3.09. The Labute approximate surface area is 153 Å². The number of aromatic amines is 1. The molecular weight excluding hydrogens is 330 g/mol. The highest BCUT2D eigenvalue weighted by atomic mass is 16.3. The quantitative estimate of drug-likeness (QED) is 0.863. The third-order valence-corrected chi connectivity index (χ3v) is 5.00. The van der Waals surface area contributed by atoms with Crippen LogP contribution >= 0.6 is 0 Å². The van der Waals surface area contributed by atoms with Gasteiger partial charge in [0.05, 0.1) is 6.54 Å². The Morgan fingerprint density at radius 3 is 2.54 bits per heavy atom. The number of rotatable bonds is 5. The number of amides is 2. The Morgan fingerprint density at radius 1 is 1.23 bits per heavy atom. The molecule has 6 nitrogen and oxygen atoms in total. The van der Waals surface area contributed by atoms with Gasteiger partial charge < -0.3 is 19.6 Å². The summed E-state index contributed by atoms with van der Waals surface area (Å²) in [5.74, 6) is 2.04. The molecule has 0 radical (unpaired) electrons. The van der Waals surface area contributed by atoms with Crippen molar-refractivity contribution in [2.45, 2.75) is 46.6 Å². The first-order valence-electron chi connectivity index (χ1n) is 9.20. The van der Waals surface area contributed by atoms with Crippen LogP contribution in [-0.2, 0) is 11.3 Å². The van der Waals surface area contributed by atoms with Crippen molar-refractivity contribution in [1.29, 1.82) is 0 Å². The Kier molecular flexibility index (Phi) is 5.49. The number of carbonyl (C=O) groups excluding carboxylic acids is 2. The van der Waals surface area contributed by atoms with Crippen LogP contribution in [0.15, 0.2) is 22.6 Å². The maximum Gasteiger partial charge on any atom is 0.270 e. The number of hydrogen-bond donors (Lipinski definition) is 2. The van der Waals surface area contributed by atoms with Crippen LogP contribution in [0.3, 0.4) is 0 Å². The van der Waals surface area contributed by atoms with Crippen molar-refractivity contribution < 1.29 is 14.0 Å². The van der Waals surface area contributed by atoms with E-state index in [-0.39, 0.29) is 11.8 Å². The Hall–Kier alpha value is -2.50. The zero-order valence-corrected chi connectivity index (χ0v) is 15.7. The van der Waals surface area contributed by atoms with Crippen molar-refractivity contribution in [2.24, 2.45) is 5.92 Å². The van der Waals surface area contributed by atoms with Crippen molar-refractivity contribution in [2.75, 3.05) is 13.1 Å². The molecule has 0 aromatic carbocycles. The lowest BCUT2D eigenvalue weighted by Crippen LogP contribution is -2.40. The summed E-state index contributed by atoms with van der Waals surface area (Å²) in [7, 11) is 0. The fraction of sp³-hybridized carbons (Fsp3) is 0.500. The number of furan rings is 1. The first kappa shape index (κ1) is 18.3. The molecule has 3 heterocycles. The number of hydrogen-bond acceptors (Lipinski definition) is 3. The maximum absolute atomic E-state index is 12.6. The van der Waals surface area contributed by atoms with Crippen LogP contribution in [0.2, 0.25) is 0 Å². The van der Waals surface area contributed by atoms with Crippen LogP contribution in [0.5, 0.6) is 0 Å². The zero-order valence-electron chi connectivity index (χ0n) is 15.7. The molecule has 1 aliphatic rings. The molecule has 2 amide bonds. The topological polar surface area (TPSA) is 78.3 Å². The summed E-state index contributed by atoms with van der Waals surface area (Å²) in [6.07, 6.45) is 2.22. The average Bonchev–Trinajstić information content (AvgIpc) is 3.17. The Balaban J connectivity index is 1.44. The molecule has 6 heteroatoms. The van der Waals surface area contributed by atoms with Crippen LogP contribution in [-0.4, -0.2) is 34.8 Å². The maximum atomic E-state index is 12.6. The van der Waals surface area contributed by atoms with Gasteiger partial charge in [-0.05, 0) is 63.3 Å². The molecule has 0 bridgehead atoms. The van der Waals surface area contributed by atoms with E-state index in [9.17, 15) is 9.59 Å². The van der Waals surface area contributed by atoms with Gasteiger partial charge in [-0.15, -0.1) is 0 Å². The van der Waals surface area contributed by atoms with E-state index in [0.29, 0.717) is 37.7 Å². The SMILES string of the molecule is Cc1cc(C)c(C(=O)N2CCC(CC(=O)NCc3ccc(C)o3)CC2)[nH]1. The number of nitrogens with zero attached hydrogens (tertiary/aromatic N) is 1. The van der Waals surface area contributed by atoms with Crippen molar-refractivity contribution in [3.63, 3.8) is 0 Å². The zero-order chi connectivity index (χ0) is 18.7. The van der Waals surface area contributed by atoms with Gasteiger partial charge >= 0.3 is 0 Å². The number of aryl methyl sites for hydroxylation is 3.